The first kappa shape index (κ1) is 6.30. The molecule has 0 aromatic rings. The number of nitrogens with two attached hydrogens (primary N) is 1. The third-order valence-electron chi connectivity index (χ3n) is 1.44. The van der Waals surface area contributed by atoms with Crippen molar-refractivity contribution in [3.05, 3.63) is 36.0 Å². The summed E-state index contributed by atoms with van der Waals surface area (Å²) in [6, 6.07) is 0.111. The fraction of sp³-hybridized carbons (Fsp3) is 0.250. The summed E-state index contributed by atoms with van der Waals surface area (Å²) < 4.78 is 0. The van der Waals surface area contributed by atoms with E-state index in [0.29, 0.717) is 0 Å². The van der Waals surface area contributed by atoms with Gasteiger partial charge in [-0.25, -0.2) is 0 Å². The molecule has 1 atom stereocenters. The smallest absolute Gasteiger partial charge is 0.0480 e. The quantitative estimate of drug-likeness (QED) is 0.515. The van der Waals surface area contributed by atoms with Gasteiger partial charge in [-0.05, 0) is 12.5 Å². The van der Waals surface area contributed by atoms with Crippen LogP contribution >= 0.6 is 0 Å². The molecule has 1 aliphatic carbocycles. The van der Waals surface area contributed by atoms with Gasteiger partial charge in [0.2, 0.25) is 0 Å². The van der Waals surface area contributed by atoms with Gasteiger partial charge >= 0.3 is 0 Å². The van der Waals surface area contributed by atoms with Gasteiger partial charge in [-0.1, -0.05) is 30.4 Å². The summed E-state index contributed by atoms with van der Waals surface area (Å²) >= 11 is 0. The van der Waals surface area contributed by atoms with E-state index in [-0.39, 0.29) is 6.04 Å². The molecule has 0 aliphatic heterocycles. The summed E-state index contributed by atoms with van der Waals surface area (Å²) in [6.07, 6.45) is 10.0. The molecule has 0 saturated heterocycles. The highest BCUT2D eigenvalue weighted by atomic mass is 14.6. The Balaban J connectivity index is 2.78. The molecular weight excluding hydrogens is 110 g/mol. The minimum absolute atomic E-state index is 0.111. The van der Waals surface area contributed by atoms with Gasteiger partial charge in [0, 0.05) is 6.04 Å². The Kier molecular flexibility index (Phi) is 1.85. The summed E-state index contributed by atoms with van der Waals surface area (Å²) in [6.45, 7) is 2.00. The van der Waals surface area contributed by atoms with E-state index >= 15 is 0 Å². The van der Waals surface area contributed by atoms with Gasteiger partial charge in [-0.2, -0.15) is 0 Å². The molecule has 48 valence electrons. The third kappa shape index (κ3) is 1.30. The molecule has 0 fully saturated rings. The lowest BCUT2D eigenvalue weighted by atomic mass is 10.0. The van der Waals surface area contributed by atoms with Gasteiger partial charge in [-0.3, -0.25) is 0 Å². The van der Waals surface area contributed by atoms with E-state index in [1.165, 1.54) is 5.57 Å². The van der Waals surface area contributed by atoms with Crippen LogP contribution in [-0.2, 0) is 0 Å². The molecule has 0 saturated carbocycles. The van der Waals surface area contributed by atoms with E-state index in [4.69, 9.17) is 5.73 Å². The average Bonchev–Trinajstić information content (AvgIpc) is 1.89. The Morgan fingerprint density at radius 1 is 1.56 bits per heavy atom. The highest BCUT2D eigenvalue weighted by Crippen LogP contribution is 2.07. The van der Waals surface area contributed by atoms with Gasteiger partial charge in [0.25, 0.3) is 0 Å². The van der Waals surface area contributed by atoms with E-state index in [1.54, 1.807) is 0 Å². The van der Waals surface area contributed by atoms with E-state index in [0.717, 1.165) is 0 Å². The van der Waals surface area contributed by atoms with Gasteiger partial charge in [0.15, 0.2) is 0 Å². The first-order chi connectivity index (χ1) is 4.34. The van der Waals surface area contributed by atoms with E-state index in [1.807, 2.05) is 37.3 Å². The lowest BCUT2D eigenvalue weighted by Gasteiger charge is -2.09. The summed E-state index contributed by atoms with van der Waals surface area (Å²) in [5.74, 6) is 0. The fourth-order valence-corrected chi connectivity index (χ4v) is 0.861. The lowest BCUT2D eigenvalue weighted by Crippen LogP contribution is -2.19. The number of hydrogen-bond donors (Lipinski definition) is 1. The second-order valence-electron chi connectivity index (χ2n) is 2.06. The molecular formula is C8H11N. The highest BCUT2D eigenvalue weighted by Gasteiger charge is 2.01. The van der Waals surface area contributed by atoms with Crippen LogP contribution in [0.25, 0.3) is 0 Å². The van der Waals surface area contributed by atoms with Crippen LogP contribution in [0.1, 0.15) is 6.92 Å². The molecule has 9 heavy (non-hydrogen) atoms. The highest BCUT2D eigenvalue weighted by molar-refractivity contribution is 5.35. The maximum Gasteiger partial charge on any atom is 0.0480 e. The van der Waals surface area contributed by atoms with Crippen molar-refractivity contribution in [2.75, 3.05) is 0 Å². The second-order valence-corrected chi connectivity index (χ2v) is 2.06. The van der Waals surface area contributed by atoms with Gasteiger partial charge in [0.05, 0.1) is 0 Å². The predicted molar refractivity (Wildman–Crippen MR) is 40.0 cm³/mol. The largest absolute Gasteiger partial charge is 0.321 e. The van der Waals surface area contributed by atoms with Crippen LogP contribution in [0.4, 0.5) is 0 Å². The molecule has 0 heterocycles. The predicted octanol–water partition coefficient (Wildman–Crippen LogP) is 1.39. The normalized spacial score (nSPS) is 29.6. The maximum absolute atomic E-state index is 5.68. The zero-order chi connectivity index (χ0) is 6.69. The molecule has 1 unspecified atom stereocenters. The van der Waals surface area contributed by atoms with Crippen molar-refractivity contribution < 1.29 is 0 Å². The van der Waals surface area contributed by atoms with Crippen molar-refractivity contribution in [1.82, 2.24) is 0 Å². The lowest BCUT2D eigenvalue weighted by molar-refractivity contribution is 0.968. The molecule has 1 rings (SSSR count). The molecule has 1 heteroatoms. The van der Waals surface area contributed by atoms with Crippen LogP contribution in [0.3, 0.4) is 0 Å². The Hall–Kier alpha value is -0.820. The fourth-order valence-electron chi connectivity index (χ4n) is 0.861. The number of hydrogen-bond acceptors (Lipinski definition) is 1. The van der Waals surface area contributed by atoms with Crippen LogP contribution in [0.15, 0.2) is 36.0 Å². The maximum atomic E-state index is 5.68. The average molecular weight is 121 g/mol. The summed E-state index contributed by atoms with van der Waals surface area (Å²) in [5, 5.41) is 0. The van der Waals surface area contributed by atoms with Crippen LogP contribution in [0.2, 0.25) is 0 Å². The van der Waals surface area contributed by atoms with Gasteiger partial charge in [-0.15, -0.1) is 0 Å². The topological polar surface area (TPSA) is 26.0 Å². The molecule has 2 N–H and O–H groups in total. The second kappa shape index (κ2) is 2.65. The molecule has 0 bridgehead atoms. The minimum Gasteiger partial charge on any atom is -0.321 e. The first-order valence-corrected chi connectivity index (χ1v) is 3.11. The number of rotatable bonds is 0. The van der Waals surface area contributed by atoms with E-state index in [2.05, 4.69) is 0 Å². The van der Waals surface area contributed by atoms with Crippen molar-refractivity contribution in [2.24, 2.45) is 5.73 Å². The first-order valence-electron chi connectivity index (χ1n) is 3.11. The van der Waals surface area contributed by atoms with Crippen molar-refractivity contribution in [1.29, 1.82) is 0 Å². The molecule has 0 spiro atoms. The summed E-state index contributed by atoms with van der Waals surface area (Å²) in [4.78, 5) is 0. The monoisotopic (exact) mass is 121 g/mol. The van der Waals surface area contributed by atoms with Crippen LogP contribution in [0.5, 0.6) is 0 Å². The number of allylic oxidation sites excluding steroid dienone is 3. The van der Waals surface area contributed by atoms with Crippen LogP contribution < -0.4 is 5.73 Å². The van der Waals surface area contributed by atoms with E-state index < -0.39 is 0 Å². The SMILES string of the molecule is C/C=C1/C=CC=CC1N. The van der Waals surface area contributed by atoms with Gasteiger partial charge in [0.1, 0.15) is 0 Å². The standard InChI is InChI=1S/C8H11N/c1-2-7-5-3-4-6-8(7)9/h2-6,8H,9H2,1H3/b7-2-. The van der Waals surface area contributed by atoms with Crippen LogP contribution in [-0.4, -0.2) is 6.04 Å². The van der Waals surface area contributed by atoms with Crippen molar-refractivity contribution in [3.8, 4) is 0 Å². The van der Waals surface area contributed by atoms with Crippen LogP contribution in [0, 0.1) is 0 Å². The molecule has 1 aliphatic rings. The Labute approximate surface area is 55.6 Å². The molecule has 0 radical (unpaired) electrons. The van der Waals surface area contributed by atoms with Gasteiger partial charge < -0.3 is 5.73 Å². The van der Waals surface area contributed by atoms with E-state index in [9.17, 15) is 0 Å². The van der Waals surface area contributed by atoms with Crippen molar-refractivity contribution in [2.45, 2.75) is 13.0 Å². The molecule has 0 aromatic heterocycles. The Morgan fingerprint density at radius 3 is 2.78 bits per heavy atom. The molecule has 1 nitrogen and oxygen atoms in total. The van der Waals surface area contributed by atoms with Crippen molar-refractivity contribution in [3.63, 3.8) is 0 Å². The minimum atomic E-state index is 0.111. The third-order valence-corrected chi connectivity index (χ3v) is 1.44. The Morgan fingerprint density at radius 2 is 2.33 bits per heavy atom. The molecule has 0 amide bonds. The summed E-state index contributed by atoms with van der Waals surface area (Å²) in [5.41, 5.74) is 6.88. The zero-order valence-electron chi connectivity index (χ0n) is 5.54. The van der Waals surface area contributed by atoms with Crippen molar-refractivity contribution >= 4 is 0 Å². The Bertz CT molecular complexity index is 175. The zero-order valence-corrected chi connectivity index (χ0v) is 5.54. The molecule has 0 aromatic carbocycles. The summed E-state index contributed by atoms with van der Waals surface area (Å²) in [7, 11) is 0.